The highest BCUT2D eigenvalue weighted by molar-refractivity contribution is 6.30. The second-order valence-corrected chi connectivity index (χ2v) is 11.2. The van der Waals surface area contributed by atoms with Crippen LogP contribution in [0.1, 0.15) is 39.0 Å². The number of fused-ring (bicyclic) bond motifs is 4. The summed E-state index contributed by atoms with van der Waals surface area (Å²) < 4.78 is 11.1. The van der Waals surface area contributed by atoms with Gasteiger partial charge in [0.2, 0.25) is 5.91 Å². The van der Waals surface area contributed by atoms with Gasteiger partial charge < -0.3 is 24.6 Å². The molecule has 2 amide bonds. The Morgan fingerprint density at radius 2 is 1.68 bits per heavy atom. The molecule has 3 aromatic rings. The summed E-state index contributed by atoms with van der Waals surface area (Å²) in [6, 6.07) is 19.2. The van der Waals surface area contributed by atoms with Gasteiger partial charge in [-0.1, -0.05) is 41.9 Å². The third-order valence-corrected chi connectivity index (χ3v) is 8.82. The van der Waals surface area contributed by atoms with Crippen LogP contribution in [-0.2, 0) is 11.2 Å². The number of carbonyl (C=O) groups excluding carboxylic acids is 2. The van der Waals surface area contributed by atoms with Crippen LogP contribution in [0.3, 0.4) is 0 Å². The van der Waals surface area contributed by atoms with Crippen LogP contribution in [0.5, 0.6) is 11.5 Å². The highest BCUT2D eigenvalue weighted by atomic mass is 35.5. The van der Waals surface area contributed by atoms with E-state index in [0.29, 0.717) is 35.7 Å². The molecule has 3 aliphatic rings. The summed E-state index contributed by atoms with van der Waals surface area (Å²) >= 11 is 6.19. The zero-order valence-corrected chi connectivity index (χ0v) is 24.2. The largest absolute Gasteiger partial charge is 0.493 e. The van der Waals surface area contributed by atoms with Crippen LogP contribution in [0.25, 0.3) is 0 Å². The van der Waals surface area contributed by atoms with Gasteiger partial charge in [0, 0.05) is 62.1 Å². The molecule has 0 saturated carbocycles. The van der Waals surface area contributed by atoms with E-state index in [2.05, 4.69) is 27.2 Å². The third kappa shape index (κ3) is 5.22. The maximum absolute atomic E-state index is 14.0. The van der Waals surface area contributed by atoms with Crippen molar-refractivity contribution in [1.29, 1.82) is 0 Å². The average molecular weight is 575 g/mol. The minimum Gasteiger partial charge on any atom is -0.493 e. The molecular formula is C32H35ClN4O4. The number of piperazine rings is 1. The first kappa shape index (κ1) is 27.4. The Kier molecular flexibility index (Phi) is 7.77. The van der Waals surface area contributed by atoms with Crippen molar-refractivity contribution >= 4 is 29.1 Å². The van der Waals surface area contributed by atoms with Gasteiger partial charge in [0.05, 0.1) is 26.2 Å². The third-order valence-electron chi connectivity index (χ3n) is 8.58. The number of nitrogens with zero attached hydrogens (tertiary/aromatic N) is 3. The zero-order valence-electron chi connectivity index (χ0n) is 23.4. The van der Waals surface area contributed by atoms with Gasteiger partial charge in [-0.25, -0.2) is 0 Å². The SMILES string of the molecule is COc1cc2c(cc1OC)[C@@H](C(=O)NCCN1CCN(c3cccc(Cl)c3)CC1)[C@H]1c3ccccc3CCN1C2=O. The van der Waals surface area contributed by atoms with Gasteiger partial charge in [0.15, 0.2) is 11.5 Å². The number of hydrogen-bond donors (Lipinski definition) is 1. The number of methoxy groups -OCH3 is 2. The first-order valence-electron chi connectivity index (χ1n) is 14.1. The molecule has 0 unspecified atom stereocenters. The molecular weight excluding hydrogens is 540 g/mol. The van der Waals surface area contributed by atoms with E-state index in [0.717, 1.165) is 55.4 Å². The van der Waals surface area contributed by atoms with E-state index in [4.69, 9.17) is 21.1 Å². The lowest BCUT2D eigenvalue weighted by atomic mass is 9.75. The van der Waals surface area contributed by atoms with Gasteiger partial charge in [0.1, 0.15) is 0 Å². The fraction of sp³-hybridized carbons (Fsp3) is 0.375. The molecule has 214 valence electrons. The Morgan fingerprint density at radius 3 is 2.44 bits per heavy atom. The highest BCUT2D eigenvalue weighted by Crippen LogP contribution is 2.48. The normalized spacial score (nSPS) is 20.1. The second kappa shape index (κ2) is 11.6. The van der Waals surface area contributed by atoms with E-state index in [-0.39, 0.29) is 17.9 Å². The minimum absolute atomic E-state index is 0.0814. The Hall–Kier alpha value is -3.75. The summed E-state index contributed by atoms with van der Waals surface area (Å²) in [6.07, 6.45) is 0.760. The smallest absolute Gasteiger partial charge is 0.254 e. The quantitative estimate of drug-likeness (QED) is 0.457. The number of halogens is 1. The molecule has 41 heavy (non-hydrogen) atoms. The molecule has 3 aliphatic heterocycles. The Balaban J connectivity index is 1.20. The summed E-state index contributed by atoms with van der Waals surface area (Å²) in [4.78, 5) is 34.4. The van der Waals surface area contributed by atoms with Crippen molar-refractivity contribution in [3.8, 4) is 11.5 Å². The molecule has 2 atom stereocenters. The predicted octanol–water partition coefficient (Wildman–Crippen LogP) is 4.13. The van der Waals surface area contributed by atoms with Gasteiger partial charge in [-0.3, -0.25) is 14.5 Å². The molecule has 9 heteroatoms. The zero-order chi connectivity index (χ0) is 28.5. The van der Waals surface area contributed by atoms with Crippen LogP contribution < -0.4 is 19.7 Å². The summed E-state index contributed by atoms with van der Waals surface area (Å²) in [6.45, 7) is 5.47. The number of carbonyl (C=O) groups is 2. The van der Waals surface area contributed by atoms with Gasteiger partial charge in [0.25, 0.3) is 5.91 Å². The number of nitrogens with one attached hydrogen (secondary N) is 1. The van der Waals surface area contributed by atoms with E-state index < -0.39 is 5.92 Å². The van der Waals surface area contributed by atoms with Crippen LogP contribution in [0.4, 0.5) is 5.69 Å². The number of hydrogen-bond acceptors (Lipinski definition) is 6. The first-order chi connectivity index (χ1) is 20.0. The fourth-order valence-electron chi connectivity index (χ4n) is 6.48. The van der Waals surface area contributed by atoms with E-state index in [1.54, 1.807) is 26.4 Å². The van der Waals surface area contributed by atoms with Crippen molar-refractivity contribution < 1.29 is 19.1 Å². The van der Waals surface area contributed by atoms with Gasteiger partial charge in [-0.15, -0.1) is 0 Å². The van der Waals surface area contributed by atoms with E-state index in [1.165, 1.54) is 5.56 Å². The summed E-state index contributed by atoms with van der Waals surface area (Å²) in [5, 5.41) is 3.96. The lowest BCUT2D eigenvalue weighted by Crippen LogP contribution is -2.51. The van der Waals surface area contributed by atoms with E-state index in [1.807, 2.05) is 41.3 Å². The van der Waals surface area contributed by atoms with E-state index >= 15 is 0 Å². The topological polar surface area (TPSA) is 74.4 Å². The molecule has 0 radical (unpaired) electrons. The Morgan fingerprint density at radius 1 is 0.927 bits per heavy atom. The standard InChI is InChI=1S/C32H35ClN4O4/c1-40-27-19-25-26(20-28(27)41-2)32(39)37-12-10-21-6-3-4-9-24(21)30(37)29(25)31(38)34-11-13-35-14-16-36(17-15-35)23-8-5-7-22(33)18-23/h3-9,18-20,29-30H,10-17H2,1-2H3,(H,34,38)/t29-,30-/m1/s1. The van der Waals surface area contributed by atoms with Crippen LogP contribution >= 0.6 is 11.6 Å². The first-order valence-corrected chi connectivity index (χ1v) is 14.5. The van der Waals surface area contributed by atoms with Gasteiger partial charge in [-0.05, 0) is 53.4 Å². The number of rotatable bonds is 7. The number of ether oxygens (including phenoxy) is 2. The number of amides is 2. The molecule has 0 aliphatic carbocycles. The molecule has 1 N–H and O–H groups in total. The Labute approximate surface area is 245 Å². The van der Waals surface area contributed by atoms with Crippen molar-refractivity contribution in [2.24, 2.45) is 0 Å². The molecule has 6 rings (SSSR count). The molecule has 0 bridgehead atoms. The van der Waals surface area contributed by atoms with Gasteiger partial charge in [-0.2, -0.15) is 0 Å². The van der Waals surface area contributed by atoms with Crippen molar-refractivity contribution in [3.63, 3.8) is 0 Å². The minimum atomic E-state index is -0.566. The molecule has 8 nitrogen and oxygen atoms in total. The maximum Gasteiger partial charge on any atom is 0.254 e. The molecule has 0 aromatic heterocycles. The summed E-state index contributed by atoms with van der Waals surface area (Å²) in [7, 11) is 3.12. The van der Waals surface area contributed by atoms with Crippen LogP contribution in [0.2, 0.25) is 5.02 Å². The molecule has 0 spiro atoms. The van der Waals surface area contributed by atoms with E-state index in [9.17, 15) is 9.59 Å². The molecule has 3 heterocycles. The van der Waals surface area contributed by atoms with Crippen molar-refractivity contribution in [1.82, 2.24) is 15.1 Å². The van der Waals surface area contributed by atoms with Crippen LogP contribution in [0.15, 0.2) is 60.7 Å². The summed E-state index contributed by atoms with van der Waals surface area (Å²) in [5.74, 6) is 0.249. The molecule has 1 fully saturated rings. The van der Waals surface area contributed by atoms with Crippen LogP contribution in [-0.4, -0.2) is 81.6 Å². The fourth-order valence-corrected chi connectivity index (χ4v) is 6.67. The highest BCUT2D eigenvalue weighted by Gasteiger charge is 2.46. The van der Waals surface area contributed by atoms with Crippen molar-refractivity contribution in [2.45, 2.75) is 18.4 Å². The second-order valence-electron chi connectivity index (χ2n) is 10.8. The lowest BCUT2D eigenvalue weighted by Gasteiger charge is -2.45. The van der Waals surface area contributed by atoms with Crippen LogP contribution in [0, 0.1) is 0 Å². The average Bonchev–Trinajstić information content (AvgIpc) is 3.00. The lowest BCUT2D eigenvalue weighted by molar-refractivity contribution is -0.124. The molecule has 1 saturated heterocycles. The van der Waals surface area contributed by atoms with Gasteiger partial charge >= 0.3 is 0 Å². The van der Waals surface area contributed by atoms with Crippen molar-refractivity contribution in [3.05, 3.63) is 87.9 Å². The maximum atomic E-state index is 14.0. The monoisotopic (exact) mass is 574 g/mol. The predicted molar refractivity (Wildman–Crippen MR) is 159 cm³/mol. The van der Waals surface area contributed by atoms with Crippen molar-refractivity contribution in [2.75, 3.05) is 64.9 Å². The molecule has 3 aromatic carbocycles. The number of benzene rings is 3. The number of anilines is 1. The summed E-state index contributed by atoms with van der Waals surface area (Å²) in [5.41, 5.74) is 4.53. The Bertz CT molecular complexity index is 1460.